The fourth-order valence-electron chi connectivity index (χ4n) is 1.88. The zero-order chi connectivity index (χ0) is 15.8. The second-order valence-corrected chi connectivity index (χ2v) is 8.76. The van der Waals surface area contributed by atoms with Crippen LogP contribution in [0.1, 0.15) is 39.4 Å². The van der Waals surface area contributed by atoms with Gasteiger partial charge in [-0.25, -0.2) is 5.10 Å². The van der Waals surface area contributed by atoms with Gasteiger partial charge in [0.05, 0.1) is 17.1 Å². The van der Waals surface area contributed by atoms with Crippen LogP contribution in [-0.2, 0) is 11.4 Å². The second kappa shape index (κ2) is 6.08. The first kappa shape index (κ1) is 16.5. The normalized spacial score (nSPS) is 15.1. The smallest absolute Gasteiger partial charge is 0.272 e. The van der Waals surface area contributed by atoms with Crippen LogP contribution in [0.3, 0.4) is 0 Å². The van der Waals surface area contributed by atoms with Crippen molar-refractivity contribution in [3.8, 4) is 0 Å². The van der Waals surface area contributed by atoms with Crippen molar-refractivity contribution in [3.05, 3.63) is 38.7 Å². The molecule has 1 aromatic heterocycles. The Kier molecular flexibility index (Phi) is 4.77. The third kappa shape index (κ3) is 3.66. The SMILES string of the molecule is C[C@@H](N[S+]([O-])C(C)(C)C)c1n[nH]c(=O)c2ccc(Br)cc12. The number of aromatic nitrogens is 2. The topological polar surface area (TPSA) is 80.8 Å². The molecule has 7 heteroatoms. The van der Waals surface area contributed by atoms with Gasteiger partial charge >= 0.3 is 0 Å². The molecule has 114 valence electrons. The molecule has 0 amide bonds. The first-order valence-electron chi connectivity index (χ1n) is 6.56. The summed E-state index contributed by atoms with van der Waals surface area (Å²) in [5.74, 6) is 0. The molecule has 5 nitrogen and oxygen atoms in total. The molecule has 2 rings (SSSR count). The maximum atomic E-state index is 12.2. The summed E-state index contributed by atoms with van der Waals surface area (Å²) in [5.41, 5.74) is 0.439. The van der Waals surface area contributed by atoms with E-state index in [1.165, 1.54) is 0 Å². The first-order valence-corrected chi connectivity index (χ1v) is 8.50. The molecule has 0 saturated heterocycles. The molecular formula is C14H18BrN3O2S. The third-order valence-corrected chi connectivity index (χ3v) is 5.20. The maximum Gasteiger partial charge on any atom is 0.272 e. The van der Waals surface area contributed by atoms with Crippen LogP contribution < -0.4 is 10.3 Å². The Morgan fingerprint density at radius 3 is 2.67 bits per heavy atom. The molecule has 1 aromatic carbocycles. The Morgan fingerprint density at radius 2 is 2.05 bits per heavy atom. The molecule has 0 fully saturated rings. The van der Waals surface area contributed by atoms with Gasteiger partial charge in [-0.1, -0.05) is 15.9 Å². The van der Waals surface area contributed by atoms with Crippen LogP contribution in [0.4, 0.5) is 0 Å². The number of benzene rings is 1. The molecule has 1 heterocycles. The molecular weight excluding hydrogens is 354 g/mol. The van der Waals surface area contributed by atoms with E-state index in [2.05, 4.69) is 30.8 Å². The van der Waals surface area contributed by atoms with Crippen molar-refractivity contribution >= 4 is 38.1 Å². The van der Waals surface area contributed by atoms with Gasteiger partial charge in [0.1, 0.15) is 4.75 Å². The number of hydrogen-bond donors (Lipinski definition) is 2. The highest BCUT2D eigenvalue weighted by atomic mass is 79.9. The van der Waals surface area contributed by atoms with Crippen LogP contribution in [-0.4, -0.2) is 19.5 Å². The number of hydrogen-bond acceptors (Lipinski definition) is 4. The molecule has 0 bridgehead atoms. The van der Waals surface area contributed by atoms with Gasteiger partial charge in [-0.05, 0) is 45.9 Å². The average molecular weight is 372 g/mol. The van der Waals surface area contributed by atoms with E-state index >= 15 is 0 Å². The van der Waals surface area contributed by atoms with Crippen molar-refractivity contribution in [1.82, 2.24) is 14.9 Å². The largest absolute Gasteiger partial charge is 0.598 e. The minimum Gasteiger partial charge on any atom is -0.598 e. The predicted molar refractivity (Wildman–Crippen MR) is 89.5 cm³/mol. The number of nitrogens with zero attached hydrogens (tertiary/aromatic N) is 1. The summed E-state index contributed by atoms with van der Waals surface area (Å²) >= 11 is 2.19. The van der Waals surface area contributed by atoms with E-state index in [1.54, 1.807) is 6.07 Å². The molecule has 1 unspecified atom stereocenters. The van der Waals surface area contributed by atoms with Crippen molar-refractivity contribution in [3.63, 3.8) is 0 Å². The second-order valence-electron chi connectivity index (χ2n) is 5.85. The number of H-pyrrole nitrogens is 1. The minimum absolute atomic E-state index is 0.231. The molecule has 0 saturated carbocycles. The van der Waals surface area contributed by atoms with Gasteiger partial charge in [0.15, 0.2) is 0 Å². The summed E-state index contributed by atoms with van der Waals surface area (Å²) in [6.45, 7) is 7.58. The fraction of sp³-hybridized carbons (Fsp3) is 0.429. The van der Waals surface area contributed by atoms with Gasteiger partial charge in [0.2, 0.25) is 0 Å². The van der Waals surface area contributed by atoms with Crippen molar-refractivity contribution < 1.29 is 4.55 Å². The van der Waals surface area contributed by atoms with Gasteiger partial charge in [-0.15, -0.1) is 4.72 Å². The lowest BCUT2D eigenvalue weighted by Gasteiger charge is -2.26. The first-order chi connectivity index (χ1) is 9.70. The Balaban J connectivity index is 2.44. The Labute approximate surface area is 135 Å². The van der Waals surface area contributed by atoms with Crippen molar-refractivity contribution in [2.45, 2.75) is 38.5 Å². The van der Waals surface area contributed by atoms with Crippen molar-refractivity contribution in [2.24, 2.45) is 0 Å². The van der Waals surface area contributed by atoms with Crippen LogP contribution in [0.15, 0.2) is 27.5 Å². The minimum atomic E-state index is -1.22. The van der Waals surface area contributed by atoms with E-state index in [0.717, 1.165) is 9.86 Å². The van der Waals surface area contributed by atoms with Gasteiger partial charge in [-0.3, -0.25) is 4.79 Å². The lowest BCUT2D eigenvalue weighted by Crippen LogP contribution is -2.41. The van der Waals surface area contributed by atoms with Crippen molar-refractivity contribution in [2.75, 3.05) is 0 Å². The highest BCUT2D eigenvalue weighted by Gasteiger charge is 2.29. The van der Waals surface area contributed by atoms with Crippen molar-refractivity contribution in [1.29, 1.82) is 0 Å². The maximum absolute atomic E-state index is 12.2. The Hall–Kier alpha value is -0.890. The van der Waals surface area contributed by atoms with E-state index < -0.39 is 11.4 Å². The molecule has 0 spiro atoms. The zero-order valence-electron chi connectivity index (χ0n) is 12.4. The summed E-state index contributed by atoms with van der Waals surface area (Å²) < 4.78 is 15.7. The number of aromatic amines is 1. The predicted octanol–water partition coefficient (Wildman–Crippen LogP) is 2.80. The van der Waals surface area contributed by atoms with Gasteiger partial charge in [0, 0.05) is 21.2 Å². The molecule has 0 aliphatic carbocycles. The quantitative estimate of drug-likeness (QED) is 0.812. The number of rotatable bonds is 3. The van der Waals surface area contributed by atoms with Gasteiger partial charge < -0.3 is 4.55 Å². The van der Waals surface area contributed by atoms with Crippen LogP contribution in [0.2, 0.25) is 0 Å². The van der Waals surface area contributed by atoms with E-state index in [9.17, 15) is 9.35 Å². The molecule has 2 N–H and O–H groups in total. The monoisotopic (exact) mass is 371 g/mol. The number of nitrogens with one attached hydrogen (secondary N) is 2. The van der Waals surface area contributed by atoms with E-state index in [0.29, 0.717) is 11.1 Å². The summed E-state index contributed by atoms with van der Waals surface area (Å²) in [6, 6.07) is 5.16. The highest BCUT2D eigenvalue weighted by Crippen LogP contribution is 2.25. The molecule has 2 aromatic rings. The Morgan fingerprint density at radius 1 is 1.38 bits per heavy atom. The highest BCUT2D eigenvalue weighted by molar-refractivity contribution is 9.10. The number of fused-ring (bicyclic) bond motifs is 1. The standard InChI is InChI=1S/C14H18BrN3O2S/c1-8(18-21(20)14(2,3)4)12-11-7-9(15)5-6-10(11)13(19)17-16-12/h5-8,18H,1-4H3,(H,17,19)/t8-,21?/m1/s1. The molecule has 0 radical (unpaired) electrons. The lowest BCUT2D eigenvalue weighted by atomic mass is 10.1. The van der Waals surface area contributed by atoms with Crippen LogP contribution in [0, 0.1) is 0 Å². The fourth-order valence-corrected chi connectivity index (χ4v) is 3.03. The van der Waals surface area contributed by atoms with Crippen LogP contribution in [0.5, 0.6) is 0 Å². The van der Waals surface area contributed by atoms with E-state index in [1.807, 2.05) is 39.8 Å². The van der Waals surface area contributed by atoms with E-state index in [4.69, 9.17) is 0 Å². The summed E-state index contributed by atoms with van der Waals surface area (Å²) in [6.07, 6.45) is 0. The van der Waals surface area contributed by atoms with Crippen LogP contribution >= 0.6 is 15.9 Å². The zero-order valence-corrected chi connectivity index (χ0v) is 14.8. The molecule has 2 atom stereocenters. The van der Waals surface area contributed by atoms with Gasteiger partial charge in [0.25, 0.3) is 5.56 Å². The third-order valence-electron chi connectivity index (χ3n) is 3.03. The molecule has 0 aliphatic heterocycles. The summed E-state index contributed by atoms with van der Waals surface area (Å²) in [7, 11) is 0. The Bertz CT molecular complexity index is 711. The van der Waals surface area contributed by atoms with Gasteiger partial charge in [-0.2, -0.15) is 5.10 Å². The molecule has 0 aliphatic rings. The van der Waals surface area contributed by atoms with E-state index in [-0.39, 0.29) is 16.3 Å². The number of halogens is 1. The van der Waals surface area contributed by atoms with Crippen LogP contribution in [0.25, 0.3) is 10.8 Å². The average Bonchev–Trinajstić information content (AvgIpc) is 2.37. The summed E-state index contributed by atoms with van der Waals surface area (Å²) in [5, 5.41) is 7.94. The lowest BCUT2D eigenvalue weighted by molar-refractivity contribution is 0.528. The summed E-state index contributed by atoms with van der Waals surface area (Å²) in [4.78, 5) is 11.8. The molecule has 21 heavy (non-hydrogen) atoms.